The normalized spacial score (nSPS) is 21.7. The Kier molecular flexibility index (Phi) is 2.89. The van der Waals surface area contributed by atoms with Crippen LogP contribution in [0.4, 0.5) is 0 Å². The monoisotopic (exact) mass is 253 g/mol. The molecule has 1 heterocycles. The molecule has 1 aromatic carbocycles. The van der Waals surface area contributed by atoms with Gasteiger partial charge in [0.1, 0.15) is 0 Å². The molecule has 0 N–H and O–H groups in total. The number of fused-ring (bicyclic) bond motifs is 1. The summed E-state index contributed by atoms with van der Waals surface area (Å²) in [4.78, 5) is 17.0. The van der Waals surface area contributed by atoms with Gasteiger partial charge in [0.05, 0.1) is 0 Å². The predicted molar refractivity (Wildman–Crippen MR) is 77.2 cm³/mol. The summed E-state index contributed by atoms with van der Waals surface area (Å²) >= 11 is 0. The summed E-state index contributed by atoms with van der Waals surface area (Å²) in [5.41, 5.74) is 0.965. The Labute approximate surface area is 113 Å². The zero-order valence-corrected chi connectivity index (χ0v) is 11.5. The molecule has 1 aromatic heterocycles. The lowest BCUT2D eigenvalue weighted by atomic mass is 9.77. The number of carbonyl (C=O) groups is 1. The third-order valence-corrected chi connectivity index (χ3v) is 4.52. The molecule has 2 nitrogen and oxygen atoms in total. The van der Waals surface area contributed by atoms with Crippen LogP contribution in [0.15, 0.2) is 36.7 Å². The highest BCUT2D eigenvalue weighted by molar-refractivity contribution is 6.09. The topological polar surface area (TPSA) is 30.0 Å². The number of aromatic nitrogens is 1. The summed E-state index contributed by atoms with van der Waals surface area (Å²) in [6.45, 7) is 4.43. The van der Waals surface area contributed by atoms with Crippen molar-refractivity contribution in [1.82, 2.24) is 4.98 Å². The fourth-order valence-corrected chi connectivity index (χ4v) is 3.33. The number of nitrogens with zero attached hydrogens (tertiary/aromatic N) is 1. The molecular formula is C17H19NO. The second-order valence-corrected chi connectivity index (χ2v) is 6.20. The molecule has 1 unspecified atom stereocenters. The highest BCUT2D eigenvalue weighted by atomic mass is 16.1. The quantitative estimate of drug-likeness (QED) is 0.749. The maximum Gasteiger partial charge on any atom is 0.167 e. The van der Waals surface area contributed by atoms with E-state index in [9.17, 15) is 4.79 Å². The van der Waals surface area contributed by atoms with E-state index in [1.165, 1.54) is 0 Å². The molecule has 2 heteroatoms. The number of ketones is 1. The van der Waals surface area contributed by atoms with Gasteiger partial charge >= 0.3 is 0 Å². The van der Waals surface area contributed by atoms with E-state index in [0.29, 0.717) is 5.78 Å². The Morgan fingerprint density at radius 2 is 2.16 bits per heavy atom. The first-order valence-corrected chi connectivity index (χ1v) is 6.96. The number of Topliss-reactive ketones (excluding diaryl/α,β-unsaturated/α-hetero) is 1. The van der Waals surface area contributed by atoms with E-state index in [1.807, 2.05) is 30.5 Å². The molecule has 98 valence electrons. The summed E-state index contributed by atoms with van der Waals surface area (Å²) in [6.07, 6.45) is 6.90. The van der Waals surface area contributed by atoms with Crippen molar-refractivity contribution in [3.05, 3.63) is 42.2 Å². The molecule has 1 aliphatic rings. The van der Waals surface area contributed by atoms with Crippen LogP contribution in [0.1, 0.15) is 43.5 Å². The van der Waals surface area contributed by atoms with Gasteiger partial charge < -0.3 is 0 Å². The highest BCUT2D eigenvalue weighted by Gasteiger charge is 2.39. The zero-order chi connectivity index (χ0) is 13.5. The van der Waals surface area contributed by atoms with Crippen molar-refractivity contribution in [2.45, 2.75) is 33.1 Å². The molecule has 19 heavy (non-hydrogen) atoms. The Hall–Kier alpha value is -1.70. The van der Waals surface area contributed by atoms with Gasteiger partial charge in [-0.15, -0.1) is 0 Å². The Morgan fingerprint density at radius 1 is 1.32 bits per heavy atom. The van der Waals surface area contributed by atoms with E-state index >= 15 is 0 Å². The Bertz CT molecular complexity index is 625. The van der Waals surface area contributed by atoms with Gasteiger partial charge in [-0.1, -0.05) is 38.5 Å². The second-order valence-electron chi connectivity index (χ2n) is 6.20. The first-order valence-electron chi connectivity index (χ1n) is 6.96. The summed E-state index contributed by atoms with van der Waals surface area (Å²) in [6, 6.07) is 7.91. The van der Waals surface area contributed by atoms with E-state index in [-0.39, 0.29) is 11.3 Å². The lowest BCUT2D eigenvalue weighted by Crippen LogP contribution is -2.26. The number of rotatable bonds is 2. The lowest BCUT2D eigenvalue weighted by Gasteiger charge is -2.26. The summed E-state index contributed by atoms with van der Waals surface area (Å²) in [5, 5.41) is 2.08. The van der Waals surface area contributed by atoms with Gasteiger partial charge in [0.25, 0.3) is 0 Å². The number of hydrogen-bond donors (Lipinski definition) is 0. The number of carbonyl (C=O) groups excluding carboxylic acids is 1. The molecule has 1 fully saturated rings. The van der Waals surface area contributed by atoms with Crippen molar-refractivity contribution < 1.29 is 4.79 Å². The first-order chi connectivity index (χ1) is 9.09. The molecule has 0 spiro atoms. The number of pyridine rings is 1. The van der Waals surface area contributed by atoms with Crippen molar-refractivity contribution in [2.75, 3.05) is 0 Å². The maximum atomic E-state index is 12.8. The van der Waals surface area contributed by atoms with Crippen LogP contribution in [0.2, 0.25) is 0 Å². The van der Waals surface area contributed by atoms with Gasteiger partial charge in [-0.25, -0.2) is 0 Å². The second kappa shape index (κ2) is 4.44. The van der Waals surface area contributed by atoms with Crippen molar-refractivity contribution in [3.63, 3.8) is 0 Å². The van der Waals surface area contributed by atoms with Crippen LogP contribution in [0.5, 0.6) is 0 Å². The highest BCUT2D eigenvalue weighted by Crippen LogP contribution is 2.44. The minimum Gasteiger partial charge on any atom is -0.294 e. The smallest absolute Gasteiger partial charge is 0.167 e. The molecule has 0 aliphatic heterocycles. The molecule has 3 rings (SSSR count). The van der Waals surface area contributed by atoms with Crippen LogP contribution < -0.4 is 0 Å². The van der Waals surface area contributed by atoms with E-state index in [1.54, 1.807) is 6.20 Å². The zero-order valence-electron chi connectivity index (χ0n) is 11.5. The van der Waals surface area contributed by atoms with Crippen molar-refractivity contribution in [3.8, 4) is 0 Å². The van der Waals surface area contributed by atoms with Gasteiger partial charge in [-0.2, -0.15) is 0 Å². The molecule has 0 bridgehead atoms. The van der Waals surface area contributed by atoms with Crippen LogP contribution >= 0.6 is 0 Å². The summed E-state index contributed by atoms with van der Waals surface area (Å²) < 4.78 is 0. The van der Waals surface area contributed by atoms with Gasteiger partial charge in [0, 0.05) is 29.3 Å². The maximum absolute atomic E-state index is 12.8. The number of hydrogen-bond acceptors (Lipinski definition) is 2. The van der Waals surface area contributed by atoms with Crippen LogP contribution in [0.25, 0.3) is 10.8 Å². The SMILES string of the molecule is CC1(C)CCCC1C(=O)c1cccc2ccncc12. The molecule has 0 radical (unpaired) electrons. The fourth-order valence-electron chi connectivity index (χ4n) is 3.33. The molecule has 1 saturated carbocycles. The van der Waals surface area contributed by atoms with Crippen molar-refractivity contribution in [1.29, 1.82) is 0 Å². The molecule has 0 amide bonds. The summed E-state index contributed by atoms with van der Waals surface area (Å²) in [7, 11) is 0. The van der Waals surface area contributed by atoms with Crippen LogP contribution in [0, 0.1) is 11.3 Å². The average Bonchev–Trinajstić information content (AvgIpc) is 2.77. The lowest BCUT2D eigenvalue weighted by molar-refractivity contribution is 0.0841. The van der Waals surface area contributed by atoms with Gasteiger partial charge in [0.2, 0.25) is 0 Å². The molecule has 0 saturated heterocycles. The third kappa shape index (κ3) is 2.05. The van der Waals surface area contributed by atoms with Crippen LogP contribution in [-0.2, 0) is 0 Å². The van der Waals surface area contributed by atoms with E-state index < -0.39 is 0 Å². The van der Waals surface area contributed by atoms with Crippen LogP contribution in [0.3, 0.4) is 0 Å². The first kappa shape index (κ1) is 12.3. The largest absolute Gasteiger partial charge is 0.294 e. The van der Waals surface area contributed by atoms with E-state index in [4.69, 9.17) is 0 Å². The number of benzene rings is 1. The van der Waals surface area contributed by atoms with Crippen LogP contribution in [-0.4, -0.2) is 10.8 Å². The van der Waals surface area contributed by atoms with Gasteiger partial charge in [-0.3, -0.25) is 9.78 Å². The van der Waals surface area contributed by atoms with Gasteiger partial charge in [-0.05, 0) is 29.7 Å². The predicted octanol–water partition coefficient (Wildman–Crippen LogP) is 4.24. The summed E-state index contributed by atoms with van der Waals surface area (Å²) in [5.74, 6) is 0.444. The minimum atomic E-state index is 0.126. The van der Waals surface area contributed by atoms with E-state index in [2.05, 4.69) is 18.8 Å². The molecule has 1 aliphatic carbocycles. The fraction of sp³-hybridized carbons (Fsp3) is 0.412. The standard InChI is InChI=1S/C17H19NO/c1-17(2)9-4-7-15(17)16(19)13-6-3-5-12-8-10-18-11-14(12)13/h3,5-6,8,10-11,15H,4,7,9H2,1-2H3. The Morgan fingerprint density at radius 3 is 2.89 bits per heavy atom. The van der Waals surface area contributed by atoms with Crippen molar-refractivity contribution in [2.24, 2.45) is 11.3 Å². The van der Waals surface area contributed by atoms with Crippen molar-refractivity contribution >= 4 is 16.6 Å². The minimum absolute atomic E-state index is 0.126. The third-order valence-electron chi connectivity index (χ3n) is 4.52. The van der Waals surface area contributed by atoms with Gasteiger partial charge in [0.15, 0.2) is 5.78 Å². The average molecular weight is 253 g/mol. The van der Waals surface area contributed by atoms with E-state index in [0.717, 1.165) is 35.6 Å². The Balaban J connectivity index is 2.07. The molecular weight excluding hydrogens is 234 g/mol. The molecule has 1 atom stereocenters. The molecule has 2 aromatic rings.